The van der Waals surface area contributed by atoms with Crippen LogP contribution in [-0.2, 0) is 17.8 Å². The van der Waals surface area contributed by atoms with E-state index in [1.807, 2.05) is 50.2 Å². The molecule has 1 aromatic heterocycles. The molecule has 2 heterocycles. The SMILES string of the molecule is CCc1nc2ccc(F)c(F)c2n1-c1cccc(CNc2ccc3c(c2)OC[C@H]3CC(=O)[O-])c1C.[Na+]. The average Bonchev–Trinajstić information content (AvgIpc) is 3.41. The van der Waals surface area contributed by atoms with Crippen LogP contribution in [0.15, 0.2) is 48.5 Å². The van der Waals surface area contributed by atoms with Crippen LogP contribution >= 0.6 is 0 Å². The Kier molecular flexibility index (Phi) is 7.68. The van der Waals surface area contributed by atoms with E-state index in [1.54, 1.807) is 4.57 Å². The van der Waals surface area contributed by atoms with E-state index in [-0.39, 0.29) is 47.4 Å². The van der Waals surface area contributed by atoms with Crippen molar-refractivity contribution in [2.24, 2.45) is 0 Å². The molecular formula is C27H24F2N3NaO3. The van der Waals surface area contributed by atoms with Gasteiger partial charge in [0.2, 0.25) is 0 Å². The first-order valence-corrected chi connectivity index (χ1v) is 11.5. The molecule has 9 heteroatoms. The van der Waals surface area contributed by atoms with E-state index in [0.29, 0.717) is 36.7 Å². The fraction of sp³-hybridized carbons (Fsp3) is 0.259. The number of halogens is 2. The summed E-state index contributed by atoms with van der Waals surface area (Å²) < 4.78 is 36.2. The van der Waals surface area contributed by atoms with Gasteiger partial charge in [-0.1, -0.05) is 25.1 Å². The number of hydrogen-bond acceptors (Lipinski definition) is 5. The number of carbonyl (C=O) groups is 1. The Hall–Kier alpha value is -2.94. The van der Waals surface area contributed by atoms with E-state index in [0.717, 1.165) is 34.1 Å². The average molecular weight is 499 g/mol. The van der Waals surface area contributed by atoms with Gasteiger partial charge in [-0.3, -0.25) is 4.57 Å². The summed E-state index contributed by atoms with van der Waals surface area (Å²) in [4.78, 5) is 15.5. The Morgan fingerprint density at radius 2 is 2.03 bits per heavy atom. The van der Waals surface area contributed by atoms with Gasteiger partial charge < -0.3 is 20.0 Å². The zero-order valence-electron chi connectivity index (χ0n) is 20.4. The Morgan fingerprint density at radius 1 is 1.22 bits per heavy atom. The van der Waals surface area contributed by atoms with Crippen molar-refractivity contribution in [2.75, 3.05) is 11.9 Å². The largest absolute Gasteiger partial charge is 1.00 e. The van der Waals surface area contributed by atoms with Crippen LogP contribution in [0.3, 0.4) is 0 Å². The van der Waals surface area contributed by atoms with Crippen molar-refractivity contribution in [3.05, 3.63) is 82.7 Å². The normalized spacial score (nSPS) is 14.3. The second-order valence-corrected chi connectivity index (χ2v) is 8.70. The van der Waals surface area contributed by atoms with Crippen molar-refractivity contribution in [1.82, 2.24) is 9.55 Å². The van der Waals surface area contributed by atoms with Crippen LogP contribution in [0.25, 0.3) is 16.7 Å². The zero-order chi connectivity index (χ0) is 24.7. The number of nitrogens with one attached hydrogen (secondary N) is 1. The number of carboxylic acids is 1. The summed E-state index contributed by atoms with van der Waals surface area (Å²) in [6, 6.07) is 14.0. The molecule has 6 nitrogen and oxygen atoms in total. The maximum absolute atomic E-state index is 14.8. The number of ether oxygens (including phenoxy) is 1. The number of carbonyl (C=O) groups excluding carboxylic acids is 1. The predicted molar refractivity (Wildman–Crippen MR) is 127 cm³/mol. The zero-order valence-corrected chi connectivity index (χ0v) is 22.4. The third-order valence-electron chi connectivity index (χ3n) is 6.54. The molecule has 0 bridgehead atoms. The standard InChI is InChI=1S/C27H25F2N3O3.Na/c1-3-24-31-21-10-9-20(28)26(29)27(21)32(24)22-6-4-5-16(15(22)2)13-30-18-7-8-19-17(11-25(33)34)14-35-23(19)12-18;/h4-10,12,17,30H,3,11,13-14H2,1-2H3,(H,33,34);/q;+1/p-1/t17-;/m1./s1. The number of anilines is 1. The van der Waals surface area contributed by atoms with Crippen molar-refractivity contribution < 1.29 is 53.0 Å². The maximum atomic E-state index is 14.8. The van der Waals surface area contributed by atoms with Crippen LogP contribution in [0.4, 0.5) is 14.5 Å². The van der Waals surface area contributed by atoms with E-state index in [1.165, 1.54) is 6.07 Å². The summed E-state index contributed by atoms with van der Waals surface area (Å²) in [5, 5.41) is 14.3. The molecule has 4 aromatic rings. The minimum atomic E-state index is -1.09. The van der Waals surface area contributed by atoms with E-state index in [2.05, 4.69) is 10.3 Å². The second-order valence-electron chi connectivity index (χ2n) is 8.70. The summed E-state index contributed by atoms with van der Waals surface area (Å²) >= 11 is 0. The molecular weight excluding hydrogens is 475 g/mol. The molecule has 0 saturated carbocycles. The molecule has 0 unspecified atom stereocenters. The fourth-order valence-corrected chi connectivity index (χ4v) is 4.71. The molecule has 1 aliphatic rings. The number of aliphatic carboxylic acids is 1. The second kappa shape index (κ2) is 10.6. The van der Waals surface area contributed by atoms with Gasteiger partial charge in [0.05, 0.1) is 17.8 Å². The number of carboxylic acid groups (broad SMARTS) is 1. The maximum Gasteiger partial charge on any atom is 1.00 e. The molecule has 3 aromatic carbocycles. The van der Waals surface area contributed by atoms with Gasteiger partial charge >= 0.3 is 29.6 Å². The van der Waals surface area contributed by atoms with E-state index in [4.69, 9.17) is 4.74 Å². The first-order valence-electron chi connectivity index (χ1n) is 11.5. The molecule has 1 atom stereocenters. The van der Waals surface area contributed by atoms with Gasteiger partial charge in [-0.2, -0.15) is 0 Å². The van der Waals surface area contributed by atoms with Crippen LogP contribution in [0.5, 0.6) is 5.75 Å². The van der Waals surface area contributed by atoms with Crippen LogP contribution in [-0.4, -0.2) is 22.1 Å². The Labute approximate surface area is 229 Å². The Morgan fingerprint density at radius 3 is 2.78 bits per heavy atom. The molecule has 0 aliphatic carbocycles. The summed E-state index contributed by atoms with van der Waals surface area (Å²) in [5.74, 6) is -1.79. The molecule has 36 heavy (non-hydrogen) atoms. The topological polar surface area (TPSA) is 79.2 Å². The molecule has 0 spiro atoms. The number of benzene rings is 3. The summed E-state index contributed by atoms with van der Waals surface area (Å²) in [6.45, 7) is 4.70. The van der Waals surface area contributed by atoms with E-state index < -0.39 is 17.6 Å². The van der Waals surface area contributed by atoms with Crippen molar-refractivity contribution in [3.63, 3.8) is 0 Å². The van der Waals surface area contributed by atoms with Gasteiger partial charge in [0.15, 0.2) is 11.6 Å². The van der Waals surface area contributed by atoms with Crippen LogP contribution < -0.4 is 44.7 Å². The third kappa shape index (κ3) is 4.73. The van der Waals surface area contributed by atoms with Gasteiger partial charge in [-0.05, 0) is 48.7 Å². The number of imidazole rings is 1. The third-order valence-corrected chi connectivity index (χ3v) is 6.54. The van der Waals surface area contributed by atoms with E-state index in [9.17, 15) is 18.7 Å². The first-order chi connectivity index (χ1) is 16.9. The smallest absolute Gasteiger partial charge is 0.550 e. The minimum absolute atomic E-state index is 0. The molecule has 0 amide bonds. The molecule has 5 rings (SSSR count). The molecule has 0 fully saturated rings. The molecule has 0 saturated heterocycles. The molecule has 1 aliphatic heterocycles. The number of aryl methyl sites for hydroxylation is 1. The monoisotopic (exact) mass is 499 g/mol. The molecule has 180 valence electrons. The van der Waals surface area contributed by atoms with Crippen molar-refractivity contribution >= 4 is 22.7 Å². The number of nitrogens with zero attached hydrogens (tertiary/aromatic N) is 2. The quantitative estimate of drug-likeness (QED) is 0.389. The number of rotatable bonds is 7. The Balaban J connectivity index is 0.00000304. The van der Waals surface area contributed by atoms with Gasteiger partial charge in [-0.25, -0.2) is 13.8 Å². The van der Waals surface area contributed by atoms with Crippen molar-refractivity contribution in [1.29, 1.82) is 0 Å². The van der Waals surface area contributed by atoms with E-state index >= 15 is 0 Å². The summed E-state index contributed by atoms with van der Waals surface area (Å²) in [5.41, 5.74) is 4.90. The van der Waals surface area contributed by atoms with Gasteiger partial charge in [0.25, 0.3) is 0 Å². The predicted octanol–water partition coefficient (Wildman–Crippen LogP) is 1.41. The molecule has 0 radical (unpaired) electrons. The number of hydrogen-bond donors (Lipinski definition) is 1. The van der Waals surface area contributed by atoms with Gasteiger partial charge in [0.1, 0.15) is 17.1 Å². The van der Waals surface area contributed by atoms with Crippen LogP contribution in [0.1, 0.15) is 41.8 Å². The fourth-order valence-electron chi connectivity index (χ4n) is 4.71. The first kappa shape index (κ1) is 26.1. The molecule has 1 N–H and O–H groups in total. The van der Waals surface area contributed by atoms with Crippen molar-refractivity contribution in [2.45, 2.75) is 39.2 Å². The van der Waals surface area contributed by atoms with Crippen LogP contribution in [0.2, 0.25) is 0 Å². The van der Waals surface area contributed by atoms with Crippen LogP contribution in [0, 0.1) is 18.6 Å². The van der Waals surface area contributed by atoms with Gasteiger partial charge in [0, 0.05) is 42.2 Å². The van der Waals surface area contributed by atoms with Gasteiger partial charge in [-0.15, -0.1) is 0 Å². The number of fused-ring (bicyclic) bond motifs is 2. The number of aromatic nitrogens is 2. The summed E-state index contributed by atoms with van der Waals surface area (Å²) in [7, 11) is 0. The summed E-state index contributed by atoms with van der Waals surface area (Å²) in [6.07, 6.45) is 0.491. The van der Waals surface area contributed by atoms with Crippen molar-refractivity contribution in [3.8, 4) is 11.4 Å². The Bertz CT molecular complexity index is 1450. The minimum Gasteiger partial charge on any atom is -0.550 e.